The summed E-state index contributed by atoms with van der Waals surface area (Å²) in [5.41, 5.74) is 5.76. The fourth-order valence-corrected chi connectivity index (χ4v) is 5.55. The predicted octanol–water partition coefficient (Wildman–Crippen LogP) is 1.18. The maximum atomic E-state index is 5.67. The molecule has 0 saturated carbocycles. The van der Waals surface area contributed by atoms with Crippen LogP contribution in [-0.2, 0) is 10.2 Å². The van der Waals surface area contributed by atoms with Gasteiger partial charge in [0.2, 0.25) is 0 Å². The molecule has 6 rings (SSSR count). The van der Waals surface area contributed by atoms with Gasteiger partial charge in [-0.15, -0.1) is 0 Å². The van der Waals surface area contributed by atoms with Gasteiger partial charge in [0.1, 0.15) is 0 Å². The van der Waals surface area contributed by atoms with E-state index in [0.29, 0.717) is 11.0 Å². The van der Waals surface area contributed by atoms with Crippen molar-refractivity contribution < 1.29 is 4.74 Å². The normalized spacial score (nSPS) is 37.8. The van der Waals surface area contributed by atoms with Crippen LogP contribution in [0.25, 0.3) is 0 Å². The molecule has 1 aromatic rings. The topological polar surface area (TPSA) is 52.1 Å². The number of rotatable bonds is 4. The van der Waals surface area contributed by atoms with Crippen molar-refractivity contribution in [2.75, 3.05) is 52.4 Å². The van der Waals surface area contributed by atoms with E-state index in [1.165, 1.54) is 11.3 Å². The Morgan fingerprint density at radius 1 is 1.18 bits per heavy atom. The molecule has 5 aliphatic rings. The third-order valence-corrected chi connectivity index (χ3v) is 6.91. The Hall–Kier alpha value is -1.54. The minimum atomic E-state index is -0.0455. The Labute approximate surface area is 172 Å². The molecule has 150 valence electrons. The number of hydrogen-bond donors (Lipinski definition) is 2. The lowest BCUT2D eigenvalue weighted by molar-refractivity contribution is 0.114. The first-order valence-electron chi connectivity index (χ1n) is 10.5. The van der Waals surface area contributed by atoms with E-state index >= 15 is 0 Å². The van der Waals surface area contributed by atoms with Crippen LogP contribution in [0.3, 0.4) is 0 Å². The van der Waals surface area contributed by atoms with Crippen LogP contribution in [0.4, 0.5) is 0 Å². The van der Waals surface area contributed by atoms with E-state index in [4.69, 9.17) is 22.1 Å². The van der Waals surface area contributed by atoms with Gasteiger partial charge in [0.15, 0.2) is 5.11 Å². The number of piperidine rings is 2. The smallest absolute Gasteiger partial charge is 0.187 e. The van der Waals surface area contributed by atoms with Gasteiger partial charge in [-0.05, 0) is 30.6 Å². The molecule has 0 radical (unpaired) electrons. The number of hydrazone groups is 1. The standard InChI is InChI=1S/C21H29N5OS/c28-20(22-11-18-7-4-10-27-18)24-23-19-16-12-25-8-9-26(13-16)15-21(19,14-25)17-5-2-1-3-6-17/h1-3,5-6,16,18H,4,7-15H2,(H2,22,24,28)/b23-19+/t16?,18-,21?/m1/s1. The molecule has 2 N–H and O–H groups in total. The molecule has 0 spiro atoms. The van der Waals surface area contributed by atoms with Crippen LogP contribution in [-0.4, -0.2) is 79.1 Å². The van der Waals surface area contributed by atoms with E-state index in [0.717, 1.165) is 65.3 Å². The number of nitrogens with one attached hydrogen (secondary N) is 2. The number of hydrogen-bond acceptors (Lipinski definition) is 5. The quantitative estimate of drug-likeness (QED) is 0.586. The predicted molar refractivity (Wildman–Crippen MR) is 115 cm³/mol. The Bertz CT molecular complexity index is 732. The molecular formula is C21H29N5OS. The van der Waals surface area contributed by atoms with Gasteiger partial charge in [0.25, 0.3) is 0 Å². The molecular weight excluding hydrogens is 370 g/mol. The summed E-state index contributed by atoms with van der Waals surface area (Å²) in [6, 6.07) is 10.9. The van der Waals surface area contributed by atoms with Crippen LogP contribution in [0.1, 0.15) is 18.4 Å². The minimum Gasteiger partial charge on any atom is -0.376 e. The largest absolute Gasteiger partial charge is 0.376 e. The van der Waals surface area contributed by atoms with Crippen molar-refractivity contribution in [1.29, 1.82) is 0 Å². The minimum absolute atomic E-state index is 0.0455. The molecule has 5 aliphatic heterocycles. The summed E-state index contributed by atoms with van der Waals surface area (Å²) in [5, 5.41) is 8.80. The number of benzene rings is 1. The molecule has 5 saturated heterocycles. The second-order valence-corrected chi connectivity index (χ2v) is 8.98. The Balaban J connectivity index is 1.37. The van der Waals surface area contributed by atoms with E-state index in [1.807, 2.05) is 0 Å². The summed E-state index contributed by atoms with van der Waals surface area (Å²) in [4.78, 5) is 5.25. The fraction of sp³-hybridized carbons (Fsp3) is 0.619. The van der Waals surface area contributed by atoms with Gasteiger partial charge in [0.05, 0.1) is 17.2 Å². The molecule has 6 nitrogen and oxygen atoms in total. The second-order valence-electron chi connectivity index (χ2n) is 8.57. The lowest BCUT2D eigenvalue weighted by Crippen LogP contribution is -2.64. The summed E-state index contributed by atoms with van der Waals surface area (Å²) in [5.74, 6) is 0.457. The Kier molecular flexibility index (Phi) is 5.09. The Morgan fingerprint density at radius 3 is 2.61 bits per heavy atom. The van der Waals surface area contributed by atoms with Crippen LogP contribution in [0.2, 0.25) is 0 Å². The first kappa shape index (κ1) is 18.5. The lowest BCUT2D eigenvalue weighted by Gasteiger charge is -2.50. The summed E-state index contributed by atoms with van der Waals surface area (Å²) in [6.45, 7) is 8.22. The van der Waals surface area contributed by atoms with Crippen molar-refractivity contribution >= 4 is 23.0 Å². The third-order valence-electron chi connectivity index (χ3n) is 6.67. The first-order valence-corrected chi connectivity index (χ1v) is 10.9. The molecule has 28 heavy (non-hydrogen) atoms. The van der Waals surface area contributed by atoms with Gasteiger partial charge in [-0.1, -0.05) is 30.3 Å². The molecule has 2 unspecified atom stereocenters. The van der Waals surface area contributed by atoms with Crippen LogP contribution >= 0.6 is 12.2 Å². The second kappa shape index (κ2) is 7.71. The zero-order valence-corrected chi connectivity index (χ0v) is 17.1. The van der Waals surface area contributed by atoms with E-state index in [1.54, 1.807) is 0 Å². The highest BCUT2D eigenvalue weighted by molar-refractivity contribution is 7.80. The Morgan fingerprint density at radius 2 is 1.93 bits per heavy atom. The molecule has 1 aromatic carbocycles. The van der Waals surface area contributed by atoms with Crippen LogP contribution in [0.15, 0.2) is 35.4 Å². The first-order chi connectivity index (χ1) is 13.7. The van der Waals surface area contributed by atoms with Gasteiger partial charge in [-0.2, -0.15) is 5.10 Å². The molecule has 0 aliphatic carbocycles. The number of fused-ring (bicyclic) bond motifs is 1. The summed E-state index contributed by atoms with van der Waals surface area (Å²) in [7, 11) is 0. The molecule has 0 amide bonds. The maximum Gasteiger partial charge on any atom is 0.187 e. The van der Waals surface area contributed by atoms with Gasteiger partial charge in [-0.3, -0.25) is 5.43 Å². The summed E-state index contributed by atoms with van der Waals surface area (Å²) < 4.78 is 5.67. The number of thiocarbonyl (C=S) groups is 1. The summed E-state index contributed by atoms with van der Waals surface area (Å²) >= 11 is 5.49. The van der Waals surface area contributed by atoms with E-state index in [2.05, 4.69) is 50.9 Å². The van der Waals surface area contributed by atoms with E-state index < -0.39 is 0 Å². The molecule has 0 aromatic heterocycles. The average Bonchev–Trinajstić information content (AvgIpc) is 3.12. The fourth-order valence-electron chi connectivity index (χ4n) is 5.42. The molecule has 4 bridgehead atoms. The highest BCUT2D eigenvalue weighted by Crippen LogP contribution is 2.40. The van der Waals surface area contributed by atoms with Crippen molar-refractivity contribution in [2.24, 2.45) is 11.0 Å². The number of nitrogens with zero attached hydrogens (tertiary/aromatic N) is 3. The summed E-state index contributed by atoms with van der Waals surface area (Å²) in [6.07, 6.45) is 2.52. The zero-order valence-electron chi connectivity index (χ0n) is 16.3. The number of ether oxygens (including phenoxy) is 1. The van der Waals surface area contributed by atoms with Crippen LogP contribution in [0, 0.1) is 5.92 Å². The molecule has 5 fully saturated rings. The monoisotopic (exact) mass is 399 g/mol. The lowest BCUT2D eigenvalue weighted by atomic mass is 9.66. The van der Waals surface area contributed by atoms with Crippen molar-refractivity contribution in [3.8, 4) is 0 Å². The van der Waals surface area contributed by atoms with Gasteiger partial charge >= 0.3 is 0 Å². The highest BCUT2D eigenvalue weighted by atomic mass is 32.1. The average molecular weight is 400 g/mol. The maximum absolute atomic E-state index is 5.67. The van der Waals surface area contributed by atoms with E-state index in [-0.39, 0.29) is 11.5 Å². The third kappa shape index (κ3) is 3.45. The van der Waals surface area contributed by atoms with Crippen molar-refractivity contribution in [3.05, 3.63) is 35.9 Å². The van der Waals surface area contributed by atoms with Crippen LogP contribution < -0.4 is 10.7 Å². The zero-order chi connectivity index (χ0) is 19.0. The van der Waals surface area contributed by atoms with E-state index in [9.17, 15) is 0 Å². The highest BCUT2D eigenvalue weighted by Gasteiger charge is 2.53. The van der Waals surface area contributed by atoms with Gasteiger partial charge in [-0.25, -0.2) is 0 Å². The van der Waals surface area contributed by atoms with Crippen molar-refractivity contribution in [1.82, 2.24) is 20.5 Å². The van der Waals surface area contributed by atoms with Gasteiger partial charge < -0.3 is 19.9 Å². The van der Waals surface area contributed by atoms with Crippen LogP contribution in [0.5, 0.6) is 0 Å². The van der Waals surface area contributed by atoms with Crippen molar-refractivity contribution in [2.45, 2.75) is 24.4 Å². The molecule has 3 atom stereocenters. The molecule has 5 heterocycles. The SMILES string of the molecule is S=C(NC[C@H]1CCCO1)N/N=C1\C2CN3CCN(C2)CC1(c1ccccc1)C3. The van der Waals surface area contributed by atoms with Gasteiger partial charge in [0, 0.05) is 58.3 Å². The molecule has 7 heteroatoms. The van der Waals surface area contributed by atoms with Crippen molar-refractivity contribution in [3.63, 3.8) is 0 Å².